The first-order valence-corrected chi connectivity index (χ1v) is 12.5. The molecule has 0 aliphatic heterocycles. The van der Waals surface area contributed by atoms with Gasteiger partial charge in [0.2, 0.25) is 0 Å². The topological polar surface area (TPSA) is 26.3 Å². The molecule has 0 amide bonds. The van der Waals surface area contributed by atoms with Gasteiger partial charge in [0.15, 0.2) is 0 Å². The number of esters is 1. The molecule has 0 aromatic heterocycles. The summed E-state index contributed by atoms with van der Waals surface area (Å²) in [4.78, 5) is 13.2. The van der Waals surface area contributed by atoms with Gasteiger partial charge in [0.25, 0.3) is 0 Å². The van der Waals surface area contributed by atoms with E-state index in [0.717, 1.165) is 49.7 Å². The fourth-order valence-corrected chi connectivity index (χ4v) is 5.82. The van der Waals surface area contributed by atoms with Gasteiger partial charge in [-0.3, -0.25) is 4.79 Å². The highest BCUT2D eigenvalue weighted by Gasteiger charge is 2.43. The van der Waals surface area contributed by atoms with Crippen LogP contribution in [0, 0.1) is 17.3 Å². The molecule has 2 aliphatic rings. The summed E-state index contributed by atoms with van der Waals surface area (Å²) in [6.07, 6.45) is 18.5. The van der Waals surface area contributed by atoms with E-state index in [1.54, 1.807) is 0 Å². The van der Waals surface area contributed by atoms with E-state index in [1.165, 1.54) is 69.8 Å². The van der Waals surface area contributed by atoms with Crippen LogP contribution in [-0.2, 0) is 11.2 Å². The summed E-state index contributed by atoms with van der Waals surface area (Å²) in [7, 11) is 0. The summed E-state index contributed by atoms with van der Waals surface area (Å²) in [5, 5.41) is 0. The van der Waals surface area contributed by atoms with Crippen molar-refractivity contribution < 1.29 is 9.53 Å². The fraction of sp³-hybridized carbons (Fsp3) is 0.741. The van der Waals surface area contributed by atoms with Crippen molar-refractivity contribution in [2.24, 2.45) is 17.3 Å². The molecule has 2 saturated carbocycles. The molecule has 0 bridgehead atoms. The Morgan fingerprint density at radius 2 is 1.55 bits per heavy atom. The Morgan fingerprint density at radius 3 is 2.17 bits per heavy atom. The molecule has 2 heteroatoms. The van der Waals surface area contributed by atoms with E-state index >= 15 is 0 Å². The van der Waals surface area contributed by atoms with E-state index in [4.69, 9.17) is 4.74 Å². The third kappa shape index (κ3) is 6.09. The maximum absolute atomic E-state index is 13.2. The SMILES string of the molecule is CCCCCc1ccc(OC(=O)C2(CCC)CCC(C3CCCCC3)CC2)cc1. The van der Waals surface area contributed by atoms with Crippen LogP contribution in [0.15, 0.2) is 24.3 Å². The molecule has 0 atom stereocenters. The molecule has 3 rings (SSSR count). The molecule has 2 fully saturated rings. The minimum atomic E-state index is -0.250. The third-order valence-electron chi connectivity index (χ3n) is 7.67. The number of rotatable bonds is 9. The van der Waals surface area contributed by atoms with Crippen molar-refractivity contribution in [1.82, 2.24) is 0 Å². The predicted molar refractivity (Wildman–Crippen MR) is 121 cm³/mol. The van der Waals surface area contributed by atoms with E-state index in [2.05, 4.69) is 26.0 Å². The molecule has 1 aromatic rings. The normalized spacial score (nSPS) is 25.7. The number of benzene rings is 1. The van der Waals surface area contributed by atoms with Crippen LogP contribution in [0.3, 0.4) is 0 Å². The molecule has 0 spiro atoms. The van der Waals surface area contributed by atoms with Crippen LogP contribution in [0.2, 0.25) is 0 Å². The Hall–Kier alpha value is -1.31. The minimum Gasteiger partial charge on any atom is -0.426 e. The van der Waals surface area contributed by atoms with E-state index in [0.29, 0.717) is 0 Å². The number of carbonyl (C=O) groups excluding carboxylic acids is 1. The summed E-state index contributed by atoms with van der Waals surface area (Å²) in [5.41, 5.74) is 1.09. The maximum Gasteiger partial charge on any atom is 0.317 e. The van der Waals surface area contributed by atoms with Crippen LogP contribution in [0.25, 0.3) is 0 Å². The van der Waals surface area contributed by atoms with Crippen LogP contribution >= 0.6 is 0 Å². The number of hydrogen-bond acceptors (Lipinski definition) is 2. The van der Waals surface area contributed by atoms with Crippen molar-refractivity contribution >= 4 is 5.97 Å². The van der Waals surface area contributed by atoms with E-state index in [9.17, 15) is 4.79 Å². The van der Waals surface area contributed by atoms with Gasteiger partial charge in [-0.25, -0.2) is 0 Å². The van der Waals surface area contributed by atoms with Crippen molar-refractivity contribution in [3.63, 3.8) is 0 Å². The lowest BCUT2D eigenvalue weighted by Gasteiger charge is -2.41. The highest BCUT2D eigenvalue weighted by Crippen LogP contribution is 2.47. The van der Waals surface area contributed by atoms with E-state index in [1.807, 2.05) is 12.1 Å². The molecule has 2 aliphatic carbocycles. The minimum absolute atomic E-state index is 0.0279. The molecule has 0 heterocycles. The van der Waals surface area contributed by atoms with Gasteiger partial charge in [0, 0.05) is 0 Å². The van der Waals surface area contributed by atoms with Crippen molar-refractivity contribution in [3.8, 4) is 5.75 Å². The van der Waals surface area contributed by atoms with Gasteiger partial charge in [-0.15, -0.1) is 0 Å². The molecule has 162 valence electrons. The quantitative estimate of drug-likeness (QED) is 0.240. The Labute approximate surface area is 178 Å². The average molecular weight is 399 g/mol. The van der Waals surface area contributed by atoms with Crippen molar-refractivity contribution in [2.45, 2.75) is 110 Å². The van der Waals surface area contributed by atoms with E-state index in [-0.39, 0.29) is 11.4 Å². The smallest absolute Gasteiger partial charge is 0.317 e. The lowest BCUT2D eigenvalue weighted by molar-refractivity contribution is -0.149. The van der Waals surface area contributed by atoms with Crippen LogP contribution in [0.5, 0.6) is 5.75 Å². The average Bonchev–Trinajstić information content (AvgIpc) is 2.76. The second kappa shape index (κ2) is 11.2. The zero-order valence-corrected chi connectivity index (χ0v) is 18.9. The summed E-state index contributed by atoms with van der Waals surface area (Å²) >= 11 is 0. The van der Waals surface area contributed by atoms with Crippen molar-refractivity contribution in [2.75, 3.05) is 0 Å². The highest BCUT2D eigenvalue weighted by atomic mass is 16.5. The van der Waals surface area contributed by atoms with Gasteiger partial charge in [-0.1, -0.05) is 77.3 Å². The van der Waals surface area contributed by atoms with Crippen LogP contribution in [0.1, 0.15) is 109 Å². The number of unbranched alkanes of at least 4 members (excludes halogenated alkanes) is 2. The molecule has 2 nitrogen and oxygen atoms in total. The number of aryl methyl sites for hydroxylation is 1. The highest BCUT2D eigenvalue weighted by molar-refractivity contribution is 5.79. The first-order valence-electron chi connectivity index (χ1n) is 12.5. The van der Waals surface area contributed by atoms with Crippen molar-refractivity contribution in [3.05, 3.63) is 29.8 Å². The standard InChI is InChI=1S/C27H42O2/c1-3-5-7-10-22-13-15-25(16-14-22)29-26(28)27(19-4-2)20-17-24(18-21-27)23-11-8-6-9-12-23/h13-16,23-24H,3-12,17-21H2,1-2H3. The van der Waals surface area contributed by atoms with Gasteiger partial charge in [-0.2, -0.15) is 0 Å². The van der Waals surface area contributed by atoms with Crippen molar-refractivity contribution in [1.29, 1.82) is 0 Å². The fourth-order valence-electron chi connectivity index (χ4n) is 5.82. The molecular formula is C27H42O2. The summed E-state index contributed by atoms with van der Waals surface area (Å²) in [6.45, 7) is 4.44. The molecule has 0 radical (unpaired) electrons. The summed E-state index contributed by atoms with van der Waals surface area (Å²) < 4.78 is 5.93. The molecular weight excluding hydrogens is 356 g/mol. The van der Waals surface area contributed by atoms with Gasteiger partial charge >= 0.3 is 5.97 Å². The lowest BCUT2D eigenvalue weighted by Crippen LogP contribution is -2.39. The van der Waals surface area contributed by atoms with Gasteiger partial charge < -0.3 is 4.74 Å². The number of hydrogen-bond donors (Lipinski definition) is 0. The largest absolute Gasteiger partial charge is 0.426 e. The first kappa shape index (κ1) is 22.4. The summed E-state index contributed by atoms with van der Waals surface area (Å²) in [6, 6.07) is 8.24. The van der Waals surface area contributed by atoms with Crippen LogP contribution < -0.4 is 4.74 Å². The second-order valence-electron chi connectivity index (χ2n) is 9.76. The Morgan fingerprint density at radius 1 is 0.897 bits per heavy atom. The van der Waals surface area contributed by atoms with Gasteiger partial charge in [0.1, 0.15) is 5.75 Å². The number of carbonyl (C=O) groups is 1. The van der Waals surface area contributed by atoms with Gasteiger partial charge in [-0.05, 0) is 74.5 Å². The maximum atomic E-state index is 13.2. The molecule has 0 unspecified atom stereocenters. The summed E-state index contributed by atoms with van der Waals surface area (Å²) in [5.74, 6) is 2.51. The Balaban J connectivity index is 1.56. The molecule has 1 aromatic carbocycles. The molecule has 0 saturated heterocycles. The van der Waals surface area contributed by atoms with Gasteiger partial charge in [0.05, 0.1) is 5.41 Å². The van der Waals surface area contributed by atoms with Crippen LogP contribution in [0.4, 0.5) is 0 Å². The third-order valence-corrected chi connectivity index (χ3v) is 7.67. The number of ether oxygens (including phenoxy) is 1. The Kier molecular flexibility index (Phi) is 8.63. The second-order valence-corrected chi connectivity index (χ2v) is 9.76. The zero-order valence-electron chi connectivity index (χ0n) is 18.9. The van der Waals surface area contributed by atoms with Crippen LogP contribution in [-0.4, -0.2) is 5.97 Å². The van der Waals surface area contributed by atoms with E-state index < -0.39 is 0 Å². The first-order chi connectivity index (χ1) is 14.2. The Bertz CT molecular complexity index is 604. The zero-order chi connectivity index (χ0) is 20.5. The predicted octanol–water partition coefficient (Wildman–Crippen LogP) is 7.88. The molecule has 29 heavy (non-hydrogen) atoms. The molecule has 0 N–H and O–H groups in total. The monoisotopic (exact) mass is 398 g/mol. The lowest BCUT2D eigenvalue weighted by atomic mass is 9.64.